The molecule has 0 fully saturated rings. The second-order valence-electron chi connectivity index (χ2n) is 7.99. The molecule has 0 spiro atoms. The van der Waals surface area contributed by atoms with Crippen LogP contribution in [0.4, 0.5) is 11.4 Å². The summed E-state index contributed by atoms with van der Waals surface area (Å²) in [5.41, 5.74) is 4.05. The van der Waals surface area contributed by atoms with Gasteiger partial charge in [0.25, 0.3) is 17.7 Å². The minimum Gasteiger partial charge on any atom is -0.319 e. The first-order valence-corrected chi connectivity index (χ1v) is 10.9. The SMILES string of the molecule is CCn1ncc(Cn2cc(NC(=O)c3cccc(N4C(=O)c5ccccc5C4=O)c3)cn2)c1C. The van der Waals surface area contributed by atoms with E-state index in [0.717, 1.165) is 22.7 Å². The zero-order valence-corrected chi connectivity index (χ0v) is 18.7. The molecule has 1 aliphatic rings. The Labute approximate surface area is 195 Å². The van der Waals surface area contributed by atoms with Crippen LogP contribution in [0.15, 0.2) is 67.1 Å². The van der Waals surface area contributed by atoms with Gasteiger partial charge in [-0.1, -0.05) is 18.2 Å². The molecule has 0 saturated heterocycles. The Hall–Kier alpha value is -4.53. The van der Waals surface area contributed by atoms with Gasteiger partial charge < -0.3 is 5.32 Å². The molecular formula is C25H22N6O3. The van der Waals surface area contributed by atoms with Crippen molar-refractivity contribution < 1.29 is 14.4 Å². The van der Waals surface area contributed by atoms with Crippen LogP contribution in [0.1, 0.15) is 49.3 Å². The third-order valence-electron chi connectivity index (χ3n) is 5.89. The van der Waals surface area contributed by atoms with Crippen molar-refractivity contribution in [3.05, 3.63) is 95.1 Å². The fourth-order valence-electron chi connectivity index (χ4n) is 4.06. The van der Waals surface area contributed by atoms with Gasteiger partial charge in [-0.3, -0.25) is 23.7 Å². The average molecular weight is 454 g/mol. The van der Waals surface area contributed by atoms with Gasteiger partial charge in [-0.05, 0) is 44.2 Å². The van der Waals surface area contributed by atoms with Gasteiger partial charge in [0.05, 0.1) is 41.4 Å². The fourth-order valence-corrected chi connectivity index (χ4v) is 4.06. The number of aryl methyl sites for hydroxylation is 1. The molecule has 2 aromatic heterocycles. The molecule has 9 nitrogen and oxygen atoms in total. The number of nitrogens with zero attached hydrogens (tertiary/aromatic N) is 5. The Kier molecular flexibility index (Phi) is 5.29. The van der Waals surface area contributed by atoms with Crippen molar-refractivity contribution in [2.45, 2.75) is 26.9 Å². The summed E-state index contributed by atoms with van der Waals surface area (Å²) in [4.78, 5) is 39.5. The maximum atomic E-state index is 12.9. The highest BCUT2D eigenvalue weighted by molar-refractivity contribution is 6.34. The number of hydrogen-bond acceptors (Lipinski definition) is 5. The molecule has 0 atom stereocenters. The lowest BCUT2D eigenvalue weighted by Gasteiger charge is -2.15. The first-order valence-electron chi connectivity index (χ1n) is 10.9. The number of fused-ring (bicyclic) bond motifs is 1. The van der Waals surface area contributed by atoms with E-state index in [-0.39, 0.29) is 5.91 Å². The summed E-state index contributed by atoms with van der Waals surface area (Å²) in [6, 6.07) is 13.1. The molecular weight excluding hydrogens is 432 g/mol. The standard InChI is InChI=1S/C25H22N6O3/c1-3-30-16(2)18(12-27-30)14-29-15-19(13-26-29)28-23(32)17-7-6-8-20(11-17)31-24(33)21-9-4-5-10-22(21)25(31)34/h4-13,15H,3,14H2,1-2H3,(H,28,32). The molecule has 0 radical (unpaired) electrons. The van der Waals surface area contributed by atoms with Gasteiger partial charge in [0, 0.05) is 29.6 Å². The monoisotopic (exact) mass is 454 g/mol. The summed E-state index contributed by atoms with van der Waals surface area (Å²) < 4.78 is 3.65. The van der Waals surface area contributed by atoms with Gasteiger partial charge in [0.2, 0.25) is 0 Å². The summed E-state index contributed by atoms with van der Waals surface area (Å²) in [7, 11) is 0. The maximum Gasteiger partial charge on any atom is 0.266 e. The zero-order valence-electron chi connectivity index (χ0n) is 18.7. The third kappa shape index (κ3) is 3.66. The summed E-state index contributed by atoms with van der Waals surface area (Å²) in [5, 5.41) is 11.5. The number of imide groups is 1. The number of nitrogens with one attached hydrogen (secondary N) is 1. The van der Waals surface area contributed by atoms with Crippen LogP contribution >= 0.6 is 0 Å². The molecule has 1 aliphatic heterocycles. The summed E-state index contributed by atoms with van der Waals surface area (Å²) in [6.45, 7) is 5.39. The molecule has 3 heterocycles. The van der Waals surface area contributed by atoms with Gasteiger partial charge in [0.15, 0.2) is 0 Å². The Morgan fingerprint density at radius 2 is 1.71 bits per heavy atom. The molecule has 3 amide bonds. The average Bonchev–Trinajstić information content (AvgIpc) is 3.51. The number of benzene rings is 2. The maximum absolute atomic E-state index is 12.9. The summed E-state index contributed by atoms with van der Waals surface area (Å²) >= 11 is 0. The highest BCUT2D eigenvalue weighted by Crippen LogP contribution is 2.29. The Morgan fingerprint density at radius 1 is 0.971 bits per heavy atom. The smallest absolute Gasteiger partial charge is 0.266 e. The van der Waals surface area contributed by atoms with Gasteiger partial charge >= 0.3 is 0 Å². The lowest BCUT2D eigenvalue weighted by atomic mass is 10.1. The third-order valence-corrected chi connectivity index (χ3v) is 5.89. The minimum atomic E-state index is -0.402. The molecule has 5 rings (SSSR count). The quantitative estimate of drug-likeness (QED) is 0.449. The predicted molar refractivity (Wildman–Crippen MR) is 126 cm³/mol. The van der Waals surface area contributed by atoms with Crippen molar-refractivity contribution in [3.8, 4) is 0 Å². The van der Waals surface area contributed by atoms with Crippen LogP contribution in [0.3, 0.4) is 0 Å². The number of hydrogen-bond donors (Lipinski definition) is 1. The minimum absolute atomic E-state index is 0.321. The molecule has 0 aliphatic carbocycles. The van der Waals surface area contributed by atoms with Crippen LogP contribution < -0.4 is 10.2 Å². The Morgan fingerprint density at radius 3 is 2.38 bits per heavy atom. The van der Waals surface area contributed by atoms with E-state index in [1.54, 1.807) is 59.5 Å². The lowest BCUT2D eigenvalue weighted by Crippen LogP contribution is -2.29. The van der Waals surface area contributed by atoms with Crippen LogP contribution in [0.2, 0.25) is 0 Å². The Bertz CT molecular complexity index is 1400. The first-order chi connectivity index (χ1) is 16.5. The normalized spacial score (nSPS) is 12.8. The molecule has 170 valence electrons. The fraction of sp³-hybridized carbons (Fsp3) is 0.160. The number of anilines is 2. The van der Waals surface area contributed by atoms with E-state index in [0.29, 0.717) is 34.6 Å². The van der Waals surface area contributed by atoms with Gasteiger partial charge in [0.1, 0.15) is 0 Å². The lowest BCUT2D eigenvalue weighted by molar-refractivity contribution is 0.0924. The van der Waals surface area contributed by atoms with Gasteiger partial charge in [-0.15, -0.1) is 0 Å². The van der Waals surface area contributed by atoms with Crippen LogP contribution in [-0.4, -0.2) is 37.3 Å². The molecule has 1 N–H and O–H groups in total. The second-order valence-corrected chi connectivity index (χ2v) is 7.99. The Balaban J connectivity index is 1.31. The number of carbonyl (C=O) groups excluding carboxylic acids is 3. The van der Waals surface area contributed by atoms with Crippen molar-refractivity contribution in [2.24, 2.45) is 0 Å². The summed E-state index contributed by atoms with van der Waals surface area (Å²) in [6.07, 6.45) is 5.14. The zero-order chi connectivity index (χ0) is 23.8. The number of amides is 3. The largest absolute Gasteiger partial charge is 0.319 e. The number of carbonyl (C=O) groups is 3. The molecule has 0 unspecified atom stereocenters. The van der Waals surface area contributed by atoms with E-state index in [1.165, 1.54) is 6.07 Å². The number of aromatic nitrogens is 4. The van der Waals surface area contributed by atoms with E-state index < -0.39 is 11.8 Å². The van der Waals surface area contributed by atoms with Crippen molar-refractivity contribution in [1.82, 2.24) is 19.6 Å². The van der Waals surface area contributed by atoms with Crippen molar-refractivity contribution >= 4 is 29.1 Å². The van der Waals surface area contributed by atoms with E-state index in [4.69, 9.17) is 0 Å². The van der Waals surface area contributed by atoms with E-state index in [1.807, 2.05) is 24.7 Å². The summed E-state index contributed by atoms with van der Waals surface area (Å²) in [5.74, 6) is -1.17. The highest BCUT2D eigenvalue weighted by Gasteiger charge is 2.36. The van der Waals surface area contributed by atoms with Gasteiger partial charge in [-0.25, -0.2) is 4.90 Å². The predicted octanol–water partition coefficient (Wildman–Crippen LogP) is 3.51. The van der Waals surface area contributed by atoms with Crippen LogP contribution in [-0.2, 0) is 13.1 Å². The van der Waals surface area contributed by atoms with Crippen LogP contribution in [0, 0.1) is 6.92 Å². The van der Waals surface area contributed by atoms with Crippen LogP contribution in [0.25, 0.3) is 0 Å². The molecule has 0 bridgehead atoms. The van der Waals surface area contributed by atoms with Crippen LogP contribution in [0.5, 0.6) is 0 Å². The van der Waals surface area contributed by atoms with E-state index in [2.05, 4.69) is 15.5 Å². The molecule has 4 aromatic rings. The molecule has 0 saturated carbocycles. The molecule has 34 heavy (non-hydrogen) atoms. The molecule has 9 heteroatoms. The van der Waals surface area contributed by atoms with Crippen molar-refractivity contribution in [3.63, 3.8) is 0 Å². The second kappa shape index (κ2) is 8.43. The van der Waals surface area contributed by atoms with Gasteiger partial charge in [-0.2, -0.15) is 10.2 Å². The topological polar surface area (TPSA) is 102 Å². The van der Waals surface area contributed by atoms with E-state index in [9.17, 15) is 14.4 Å². The molecule has 2 aromatic carbocycles. The van der Waals surface area contributed by atoms with Crippen molar-refractivity contribution in [1.29, 1.82) is 0 Å². The van der Waals surface area contributed by atoms with E-state index >= 15 is 0 Å². The number of rotatable bonds is 6. The first kappa shape index (κ1) is 21.3. The van der Waals surface area contributed by atoms with Crippen molar-refractivity contribution in [2.75, 3.05) is 10.2 Å². The highest BCUT2D eigenvalue weighted by atomic mass is 16.2.